The lowest BCUT2D eigenvalue weighted by molar-refractivity contribution is -0.731. The van der Waals surface area contributed by atoms with Crippen LogP contribution in [0, 0.1) is 0 Å². The summed E-state index contributed by atoms with van der Waals surface area (Å²) in [7, 11) is 1.37. The Hall–Kier alpha value is -3.29. The minimum absolute atomic E-state index is 0.143. The zero-order valence-corrected chi connectivity index (χ0v) is 20.0. The molecule has 6 nitrogen and oxygen atoms in total. The summed E-state index contributed by atoms with van der Waals surface area (Å²) in [6.07, 6.45) is 1.96. The van der Waals surface area contributed by atoms with Crippen molar-refractivity contribution < 1.29 is 24.7 Å². The summed E-state index contributed by atoms with van der Waals surface area (Å²) in [6, 6.07) is 20.8. The lowest BCUT2D eigenvalue weighted by Crippen LogP contribution is -2.89. The molecule has 170 valence electrons. The van der Waals surface area contributed by atoms with E-state index in [0.29, 0.717) is 17.9 Å². The van der Waals surface area contributed by atoms with Crippen LogP contribution in [-0.4, -0.2) is 24.8 Å². The molecule has 0 bridgehead atoms. The van der Waals surface area contributed by atoms with E-state index < -0.39 is 0 Å². The van der Waals surface area contributed by atoms with Crippen LogP contribution in [0.15, 0.2) is 77.3 Å². The van der Waals surface area contributed by atoms with Crippen molar-refractivity contribution in [2.75, 3.05) is 13.7 Å². The van der Waals surface area contributed by atoms with Gasteiger partial charge < -0.3 is 25.2 Å². The smallest absolute Gasteiger partial charge is 0.337 e. The Morgan fingerprint density at radius 2 is 1.88 bits per heavy atom. The Morgan fingerprint density at radius 1 is 1.12 bits per heavy atom. The van der Waals surface area contributed by atoms with E-state index >= 15 is 0 Å². The zero-order valence-electron chi connectivity index (χ0n) is 18.4. The summed E-state index contributed by atoms with van der Waals surface area (Å²) in [6.45, 7) is 2.36. The Balaban J connectivity index is 1.73. The number of hydrogen-bond donors (Lipinski definition) is 3. The second-order valence-electron chi connectivity index (χ2n) is 7.67. The Labute approximate surface area is 201 Å². The van der Waals surface area contributed by atoms with Crippen molar-refractivity contribution in [2.24, 2.45) is 0 Å². The number of nitrogens with one attached hydrogen (secondary N) is 1. The number of hydrogen-bond acceptors (Lipinski definition) is 5. The van der Waals surface area contributed by atoms with Crippen molar-refractivity contribution in [3.63, 3.8) is 0 Å². The number of methoxy groups -OCH3 is 1. The first-order chi connectivity index (χ1) is 16.0. The molecule has 0 aromatic heterocycles. The van der Waals surface area contributed by atoms with E-state index in [4.69, 9.17) is 9.47 Å². The SMILES string of the molecule is CCOc1cccc(C2C=C(c3cccc(Br)c3)NC(c3ccc(C(=O)OC)cc3)[NH2+]2)c1O. The molecule has 0 radical (unpaired) electrons. The predicted molar refractivity (Wildman–Crippen MR) is 130 cm³/mol. The van der Waals surface area contributed by atoms with Crippen molar-refractivity contribution in [3.8, 4) is 11.5 Å². The standard InChI is InChI=1S/C26H25BrN2O4/c1-3-33-23-9-5-8-20(24(23)30)22-15-21(18-6-4-7-19(27)14-18)28-25(29-22)16-10-12-17(13-11-16)26(31)32-2/h4-15,22,25,28-30H,3H2,1-2H3/p+1. The van der Waals surface area contributed by atoms with Gasteiger partial charge in [-0.1, -0.05) is 46.3 Å². The minimum Gasteiger partial charge on any atom is -0.504 e. The normalized spacial score (nSPS) is 17.6. The number of carbonyl (C=O) groups excluding carboxylic acids is 1. The quantitative estimate of drug-likeness (QED) is 0.431. The summed E-state index contributed by atoms with van der Waals surface area (Å²) in [5.41, 5.74) is 4.24. The fourth-order valence-electron chi connectivity index (χ4n) is 3.95. The number of benzene rings is 3. The van der Waals surface area contributed by atoms with Gasteiger partial charge in [-0.25, -0.2) is 4.79 Å². The highest BCUT2D eigenvalue weighted by Gasteiger charge is 2.30. The molecule has 2 atom stereocenters. The second kappa shape index (κ2) is 10.1. The van der Waals surface area contributed by atoms with Crippen LogP contribution in [-0.2, 0) is 4.74 Å². The molecular weight excluding hydrogens is 484 g/mol. The van der Waals surface area contributed by atoms with Gasteiger partial charge in [0.2, 0.25) is 0 Å². The average molecular weight is 510 g/mol. The predicted octanol–water partition coefficient (Wildman–Crippen LogP) is 4.29. The van der Waals surface area contributed by atoms with Gasteiger partial charge in [0.05, 0.1) is 24.8 Å². The summed E-state index contributed by atoms with van der Waals surface area (Å²) in [4.78, 5) is 11.8. The van der Waals surface area contributed by atoms with E-state index in [9.17, 15) is 9.90 Å². The Bertz CT molecular complexity index is 1180. The molecule has 0 fully saturated rings. The van der Waals surface area contributed by atoms with Crippen LogP contribution in [0.3, 0.4) is 0 Å². The van der Waals surface area contributed by atoms with E-state index in [0.717, 1.165) is 26.9 Å². The van der Waals surface area contributed by atoms with Gasteiger partial charge in [-0.15, -0.1) is 0 Å². The highest BCUT2D eigenvalue weighted by atomic mass is 79.9. The summed E-state index contributed by atoms with van der Waals surface area (Å²) >= 11 is 3.55. The molecule has 0 saturated heterocycles. The van der Waals surface area contributed by atoms with Crippen LogP contribution >= 0.6 is 15.9 Å². The lowest BCUT2D eigenvalue weighted by Gasteiger charge is -2.30. The van der Waals surface area contributed by atoms with Crippen LogP contribution in [0.25, 0.3) is 5.70 Å². The Morgan fingerprint density at radius 3 is 2.58 bits per heavy atom. The number of quaternary nitrogens is 1. The molecule has 1 heterocycles. The zero-order chi connectivity index (χ0) is 23.4. The topological polar surface area (TPSA) is 84.4 Å². The van der Waals surface area contributed by atoms with Crippen LogP contribution in [0.4, 0.5) is 0 Å². The number of para-hydroxylation sites is 1. The molecule has 2 unspecified atom stereocenters. The second-order valence-corrected chi connectivity index (χ2v) is 8.59. The number of carbonyl (C=O) groups is 1. The molecule has 7 heteroatoms. The molecule has 0 amide bonds. The van der Waals surface area contributed by atoms with Crippen molar-refractivity contribution in [2.45, 2.75) is 19.1 Å². The van der Waals surface area contributed by atoms with Crippen molar-refractivity contribution in [1.29, 1.82) is 0 Å². The van der Waals surface area contributed by atoms with E-state index in [2.05, 4.69) is 38.7 Å². The summed E-state index contributed by atoms with van der Waals surface area (Å²) < 4.78 is 11.4. The van der Waals surface area contributed by atoms with Gasteiger partial charge >= 0.3 is 5.97 Å². The first-order valence-corrected chi connectivity index (χ1v) is 11.5. The fourth-order valence-corrected chi connectivity index (χ4v) is 4.35. The monoisotopic (exact) mass is 509 g/mol. The van der Waals surface area contributed by atoms with Crippen molar-refractivity contribution >= 4 is 27.6 Å². The number of ether oxygens (including phenoxy) is 2. The maximum atomic E-state index is 11.8. The number of esters is 1. The van der Waals surface area contributed by atoms with Crippen molar-refractivity contribution in [3.05, 3.63) is 99.5 Å². The van der Waals surface area contributed by atoms with Gasteiger partial charge in [-0.05, 0) is 48.9 Å². The first kappa shape index (κ1) is 22.9. The third kappa shape index (κ3) is 5.05. The number of nitrogens with two attached hydrogens (primary N) is 1. The lowest BCUT2D eigenvalue weighted by atomic mass is 9.97. The van der Waals surface area contributed by atoms with Crippen molar-refractivity contribution in [1.82, 2.24) is 5.32 Å². The van der Waals surface area contributed by atoms with Crippen LogP contribution in [0.1, 0.15) is 46.2 Å². The maximum Gasteiger partial charge on any atom is 0.337 e. The van der Waals surface area contributed by atoms with E-state index in [-0.39, 0.29) is 23.9 Å². The minimum atomic E-state index is -0.368. The number of rotatable bonds is 6. The average Bonchev–Trinajstić information content (AvgIpc) is 2.85. The van der Waals surface area contributed by atoms with Gasteiger partial charge in [-0.2, -0.15) is 0 Å². The molecule has 3 aromatic carbocycles. The molecule has 1 aliphatic rings. The number of phenolic OH excluding ortho intramolecular Hbond substituents is 1. The summed E-state index contributed by atoms with van der Waals surface area (Å²) in [5.74, 6) is 0.248. The molecule has 4 N–H and O–H groups in total. The van der Waals surface area contributed by atoms with Crippen LogP contribution < -0.4 is 15.4 Å². The third-order valence-electron chi connectivity index (χ3n) is 5.57. The van der Waals surface area contributed by atoms with Gasteiger partial charge in [-0.3, -0.25) is 0 Å². The summed E-state index contributed by atoms with van der Waals surface area (Å²) in [5, 5.41) is 16.6. The number of aromatic hydroxyl groups is 1. The van der Waals surface area contributed by atoms with E-state index in [1.54, 1.807) is 18.2 Å². The highest BCUT2D eigenvalue weighted by molar-refractivity contribution is 9.10. The molecule has 4 rings (SSSR count). The molecule has 0 spiro atoms. The van der Waals surface area contributed by atoms with Gasteiger partial charge in [0, 0.05) is 21.8 Å². The molecule has 0 aliphatic carbocycles. The molecule has 33 heavy (non-hydrogen) atoms. The largest absolute Gasteiger partial charge is 0.504 e. The molecule has 3 aromatic rings. The molecule has 1 aliphatic heterocycles. The van der Waals surface area contributed by atoms with E-state index in [1.165, 1.54) is 7.11 Å². The number of halogens is 1. The Kier molecular flexibility index (Phi) is 7.01. The fraction of sp³-hybridized carbons (Fsp3) is 0.192. The number of phenols is 1. The molecule has 0 saturated carbocycles. The van der Waals surface area contributed by atoms with E-state index in [1.807, 2.05) is 49.4 Å². The first-order valence-electron chi connectivity index (χ1n) is 10.7. The third-order valence-corrected chi connectivity index (χ3v) is 6.07. The van der Waals surface area contributed by atoms with Gasteiger partial charge in [0.1, 0.15) is 6.04 Å². The van der Waals surface area contributed by atoms with Crippen LogP contribution in [0.5, 0.6) is 11.5 Å². The van der Waals surface area contributed by atoms with Gasteiger partial charge in [0.15, 0.2) is 17.7 Å². The maximum absolute atomic E-state index is 11.8. The highest BCUT2D eigenvalue weighted by Crippen LogP contribution is 2.35. The van der Waals surface area contributed by atoms with Gasteiger partial charge in [0.25, 0.3) is 0 Å². The van der Waals surface area contributed by atoms with Crippen LogP contribution in [0.2, 0.25) is 0 Å². The molecular formula is C26H26BrN2O4+.